The molecule has 0 aromatic heterocycles. The van der Waals surface area contributed by atoms with Gasteiger partial charge in [-0.1, -0.05) is 0 Å². The SMILES string of the molecule is Cc1cc(F)c(C2=NCCO2)cc1N=C1NC(=O)N(C)C2=NCC(c3cc(F)c(F)c(F)c3)N12. The minimum atomic E-state index is -1.58. The molecule has 0 radical (unpaired) electrons. The van der Waals surface area contributed by atoms with Crippen LogP contribution in [0.2, 0.25) is 0 Å². The van der Waals surface area contributed by atoms with Crippen molar-refractivity contribution >= 4 is 29.5 Å². The fourth-order valence-electron chi connectivity index (χ4n) is 3.97. The minimum absolute atomic E-state index is 0.0180. The Labute approximate surface area is 191 Å². The Morgan fingerprint density at radius 1 is 1.09 bits per heavy atom. The van der Waals surface area contributed by atoms with Crippen LogP contribution >= 0.6 is 0 Å². The van der Waals surface area contributed by atoms with E-state index in [2.05, 4.69) is 20.3 Å². The van der Waals surface area contributed by atoms with Crippen molar-refractivity contribution in [2.45, 2.75) is 13.0 Å². The van der Waals surface area contributed by atoms with E-state index in [0.29, 0.717) is 24.4 Å². The molecule has 5 rings (SSSR count). The van der Waals surface area contributed by atoms with Gasteiger partial charge in [-0.3, -0.25) is 15.1 Å². The van der Waals surface area contributed by atoms with Gasteiger partial charge in [-0.05, 0) is 42.3 Å². The number of ether oxygens (including phenoxy) is 1. The van der Waals surface area contributed by atoms with E-state index in [1.807, 2.05) is 0 Å². The number of benzene rings is 2. The molecule has 1 fully saturated rings. The monoisotopic (exact) mass is 474 g/mol. The standard InChI is InChI=1S/C22H18F4N6O2/c1-10-5-13(23)12(19-27-3-4-34-19)8-16(10)29-20-30-22(33)31(2)21-28-9-17(32(20)21)11-6-14(24)18(26)15(25)7-11/h5-8,17H,3-4,9H2,1-2H3,(H,29,30,33). The molecule has 2 aromatic rings. The van der Waals surface area contributed by atoms with E-state index in [9.17, 15) is 22.4 Å². The molecule has 12 heteroatoms. The van der Waals surface area contributed by atoms with Crippen molar-refractivity contribution in [3.05, 3.63) is 64.2 Å². The smallest absolute Gasteiger partial charge is 0.330 e. The first-order chi connectivity index (χ1) is 16.2. The Bertz CT molecular complexity index is 1290. The maximum atomic E-state index is 14.6. The van der Waals surface area contributed by atoms with Crippen molar-refractivity contribution in [1.29, 1.82) is 0 Å². The van der Waals surface area contributed by atoms with Crippen LogP contribution in [0.15, 0.2) is 39.2 Å². The molecule has 0 saturated carbocycles. The van der Waals surface area contributed by atoms with Gasteiger partial charge in [-0.2, -0.15) is 0 Å². The summed E-state index contributed by atoms with van der Waals surface area (Å²) in [6, 6.07) is 3.18. The number of nitrogens with one attached hydrogen (secondary N) is 1. The second-order valence-electron chi connectivity index (χ2n) is 7.90. The lowest BCUT2D eigenvalue weighted by Crippen LogP contribution is -2.61. The Balaban J connectivity index is 1.60. The van der Waals surface area contributed by atoms with Gasteiger partial charge in [-0.25, -0.2) is 37.3 Å². The van der Waals surface area contributed by atoms with Crippen molar-refractivity contribution in [3.8, 4) is 0 Å². The number of hydrogen-bond donors (Lipinski definition) is 1. The van der Waals surface area contributed by atoms with Crippen molar-refractivity contribution in [2.24, 2.45) is 15.0 Å². The molecule has 176 valence electrons. The number of rotatable bonds is 3. The van der Waals surface area contributed by atoms with Crippen LogP contribution < -0.4 is 5.32 Å². The molecule has 1 atom stereocenters. The fourth-order valence-corrected chi connectivity index (χ4v) is 3.97. The predicted molar refractivity (Wildman–Crippen MR) is 115 cm³/mol. The van der Waals surface area contributed by atoms with Gasteiger partial charge in [0.2, 0.25) is 17.8 Å². The van der Waals surface area contributed by atoms with Crippen LogP contribution in [0.4, 0.5) is 28.0 Å². The first-order valence-electron chi connectivity index (χ1n) is 10.3. The molecule has 1 unspecified atom stereocenters. The van der Waals surface area contributed by atoms with Gasteiger partial charge >= 0.3 is 6.03 Å². The Hall–Kier alpha value is -3.96. The fraction of sp³-hybridized carbons (Fsp3) is 0.273. The second-order valence-corrected chi connectivity index (χ2v) is 7.90. The number of amides is 2. The maximum Gasteiger partial charge on any atom is 0.330 e. The summed E-state index contributed by atoms with van der Waals surface area (Å²) < 4.78 is 61.3. The molecule has 34 heavy (non-hydrogen) atoms. The van der Waals surface area contributed by atoms with Gasteiger partial charge < -0.3 is 4.74 Å². The van der Waals surface area contributed by atoms with Crippen LogP contribution in [0.1, 0.15) is 22.7 Å². The quantitative estimate of drug-likeness (QED) is 0.547. The summed E-state index contributed by atoms with van der Waals surface area (Å²) in [5, 5.41) is 2.62. The number of carbonyl (C=O) groups is 1. The Morgan fingerprint density at radius 2 is 1.82 bits per heavy atom. The zero-order valence-corrected chi connectivity index (χ0v) is 18.1. The molecule has 2 aromatic carbocycles. The highest BCUT2D eigenvalue weighted by Crippen LogP contribution is 2.33. The molecule has 0 bridgehead atoms. The zero-order chi connectivity index (χ0) is 24.1. The third-order valence-electron chi connectivity index (χ3n) is 5.70. The highest BCUT2D eigenvalue weighted by Gasteiger charge is 2.41. The van der Waals surface area contributed by atoms with Crippen molar-refractivity contribution in [1.82, 2.24) is 15.1 Å². The Morgan fingerprint density at radius 3 is 2.50 bits per heavy atom. The molecule has 3 aliphatic rings. The van der Waals surface area contributed by atoms with E-state index in [1.54, 1.807) is 6.92 Å². The molecular weight excluding hydrogens is 456 g/mol. The summed E-state index contributed by atoms with van der Waals surface area (Å²) >= 11 is 0. The lowest BCUT2D eigenvalue weighted by molar-refractivity contribution is 0.222. The molecule has 3 aliphatic heterocycles. The second kappa shape index (κ2) is 8.12. The van der Waals surface area contributed by atoms with Gasteiger partial charge in [0.25, 0.3) is 0 Å². The molecule has 3 heterocycles. The van der Waals surface area contributed by atoms with Crippen LogP contribution in [0, 0.1) is 30.2 Å². The predicted octanol–water partition coefficient (Wildman–Crippen LogP) is 3.38. The summed E-state index contributed by atoms with van der Waals surface area (Å²) in [4.78, 5) is 28.2. The van der Waals surface area contributed by atoms with E-state index in [4.69, 9.17) is 4.74 Å². The normalized spacial score (nSPS) is 20.8. The Kier molecular flexibility index (Phi) is 5.22. The molecule has 2 amide bonds. The van der Waals surface area contributed by atoms with Crippen LogP contribution in [0.3, 0.4) is 0 Å². The summed E-state index contributed by atoms with van der Waals surface area (Å²) in [6.45, 7) is 2.43. The summed E-state index contributed by atoms with van der Waals surface area (Å²) in [7, 11) is 1.48. The molecule has 0 spiro atoms. The lowest BCUT2D eigenvalue weighted by Gasteiger charge is -2.36. The van der Waals surface area contributed by atoms with Gasteiger partial charge in [-0.15, -0.1) is 0 Å². The number of guanidine groups is 2. The lowest BCUT2D eigenvalue weighted by atomic mass is 10.1. The van der Waals surface area contributed by atoms with Crippen LogP contribution in [-0.4, -0.2) is 60.4 Å². The number of urea groups is 1. The number of aliphatic imine (C=N–C) groups is 3. The topological polar surface area (TPSA) is 81.9 Å². The van der Waals surface area contributed by atoms with E-state index >= 15 is 0 Å². The number of aryl methyl sites for hydroxylation is 1. The molecule has 1 saturated heterocycles. The number of hydrogen-bond acceptors (Lipinski definition) is 5. The highest BCUT2D eigenvalue weighted by molar-refractivity contribution is 6.16. The molecule has 1 N–H and O–H groups in total. The van der Waals surface area contributed by atoms with E-state index in [1.165, 1.54) is 29.0 Å². The summed E-state index contributed by atoms with van der Waals surface area (Å²) in [5.74, 6) is -4.42. The highest BCUT2D eigenvalue weighted by atomic mass is 19.2. The molecule has 0 aliphatic carbocycles. The van der Waals surface area contributed by atoms with Gasteiger partial charge in [0, 0.05) is 7.05 Å². The van der Waals surface area contributed by atoms with E-state index in [0.717, 1.165) is 12.1 Å². The van der Waals surface area contributed by atoms with Gasteiger partial charge in [0.1, 0.15) is 12.4 Å². The number of nitrogens with zero attached hydrogens (tertiary/aromatic N) is 5. The number of fused-ring (bicyclic) bond motifs is 1. The van der Waals surface area contributed by atoms with Gasteiger partial charge in [0.05, 0.1) is 30.4 Å². The van der Waals surface area contributed by atoms with Crippen molar-refractivity contribution in [3.63, 3.8) is 0 Å². The number of carbonyl (C=O) groups excluding carboxylic acids is 1. The first-order valence-corrected chi connectivity index (χ1v) is 10.3. The van der Waals surface area contributed by atoms with E-state index < -0.39 is 35.3 Å². The van der Waals surface area contributed by atoms with Crippen molar-refractivity contribution in [2.75, 3.05) is 26.7 Å². The average molecular weight is 474 g/mol. The molecular formula is C22H18F4N6O2. The average Bonchev–Trinajstić information content (AvgIpc) is 3.47. The number of halogens is 4. The summed E-state index contributed by atoms with van der Waals surface area (Å²) in [6.07, 6.45) is 0. The van der Waals surface area contributed by atoms with Crippen LogP contribution in [-0.2, 0) is 4.74 Å². The van der Waals surface area contributed by atoms with Crippen LogP contribution in [0.5, 0.6) is 0 Å². The van der Waals surface area contributed by atoms with Gasteiger partial charge in [0.15, 0.2) is 17.5 Å². The minimum Gasteiger partial charge on any atom is -0.475 e. The first kappa shape index (κ1) is 21.9. The maximum absolute atomic E-state index is 14.6. The van der Waals surface area contributed by atoms with Crippen LogP contribution in [0.25, 0.3) is 0 Å². The van der Waals surface area contributed by atoms with E-state index in [-0.39, 0.29) is 35.5 Å². The summed E-state index contributed by atoms with van der Waals surface area (Å²) in [5.41, 5.74) is 1.01. The largest absolute Gasteiger partial charge is 0.475 e. The molecule has 8 nitrogen and oxygen atoms in total. The third-order valence-corrected chi connectivity index (χ3v) is 5.70. The third kappa shape index (κ3) is 3.55. The van der Waals surface area contributed by atoms with Crippen molar-refractivity contribution < 1.29 is 27.1 Å². The zero-order valence-electron chi connectivity index (χ0n) is 18.1.